The summed E-state index contributed by atoms with van der Waals surface area (Å²) in [6, 6.07) is 28.4. The molecule has 0 saturated heterocycles. The van der Waals surface area contributed by atoms with Gasteiger partial charge in [-0.05, 0) is 161 Å². The van der Waals surface area contributed by atoms with Gasteiger partial charge in [-0.25, -0.2) is 19.2 Å². The molecule has 90 heavy (non-hydrogen) atoms. The lowest BCUT2D eigenvalue weighted by molar-refractivity contribution is -0.132. The van der Waals surface area contributed by atoms with Crippen LogP contribution in [0.3, 0.4) is 0 Å². The van der Waals surface area contributed by atoms with Gasteiger partial charge in [-0.15, -0.1) is 0 Å². The van der Waals surface area contributed by atoms with Crippen LogP contribution in [0.15, 0.2) is 276 Å². The van der Waals surface area contributed by atoms with Crippen LogP contribution in [-0.4, -0.2) is 57.5 Å². The lowest BCUT2D eigenvalue weighted by Crippen LogP contribution is -2.07. The number of hydrogen-bond donors (Lipinski definition) is 4. The van der Waals surface area contributed by atoms with Crippen molar-refractivity contribution in [1.82, 2.24) is 0 Å². The van der Waals surface area contributed by atoms with Gasteiger partial charge < -0.3 is 39.4 Å². The molecule has 0 bridgehead atoms. The smallest absolute Gasteiger partial charge is 0.328 e. The fourth-order valence-electron chi connectivity index (χ4n) is 9.16. The van der Waals surface area contributed by atoms with Gasteiger partial charge in [0, 0.05) is 59.4 Å². The van der Waals surface area contributed by atoms with Gasteiger partial charge in [0.1, 0.15) is 23.0 Å². The minimum absolute atomic E-state index is 0.695. The largest absolute Gasteiger partial charge is 0.493 e. The summed E-state index contributed by atoms with van der Waals surface area (Å²) < 4.78 is 22.4. The first-order chi connectivity index (χ1) is 43.0. The van der Waals surface area contributed by atoms with E-state index >= 15 is 0 Å². The molecule has 0 amide bonds. The van der Waals surface area contributed by atoms with Gasteiger partial charge in [-0.3, -0.25) is 0 Å². The van der Waals surface area contributed by atoms with E-state index in [0.29, 0.717) is 35.5 Å². The summed E-state index contributed by atoms with van der Waals surface area (Å²) in [5, 5.41) is 34.6. The van der Waals surface area contributed by atoms with Crippen molar-refractivity contribution in [2.45, 2.75) is 82.1 Å². The Labute approximate surface area is 529 Å². The molecule has 4 N–H and O–H groups in total. The molecule has 0 spiro atoms. The van der Waals surface area contributed by atoms with Crippen molar-refractivity contribution in [1.29, 1.82) is 0 Å². The summed E-state index contributed by atoms with van der Waals surface area (Å²) in [4.78, 5) is 42.2. The Bertz CT molecular complexity index is 3870. The minimum atomic E-state index is -0.936. The molecule has 4 aliphatic rings. The molecule has 0 aliphatic carbocycles. The normalized spacial score (nSPS) is 17.0. The van der Waals surface area contributed by atoms with E-state index in [1.54, 1.807) is 64.5 Å². The SMILES string of the molecule is CC(=C/C=C/C(C)=C/C(=O)O)/C=C1\C=COc2cc(C)ccc21.CC(=C/C=C/C(C)=C/C(=O)O)/C=C1\C=COc2ccccc21.CC(=C/C=C/C(C)=C/C(=O)O)/C=C1\CCOc2cc(C)ccc21.CC(=C/C=C/C(C)=C/C(=O)O)/C=C1\CCOc2ccccc21. The van der Waals surface area contributed by atoms with Crippen LogP contribution < -0.4 is 18.9 Å². The van der Waals surface area contributed by atoms with Gasteiger partial charge in [0.15, 0.2) is 0 Å². The third-order valence-corrected chi connectivity index (χ3v) is 13.4. The Kier molecular flexibility index (Phi) is 28.4. The van der Waals surface area contributed by atoms with Crippen LogP contribution in [0, 0.1) is 13.8 Å². The monoisotopic (exact) mass is 1210 g/mol. The number of aliphatic carboxylic acids is 4. The highest BCUT2D eigenvalue weighted by Crippen LogP contribution is 2.36. The highest BCUT2D eigenvalue weighted by molar-refractivity contribution is 5.84. The summed E-state index contributed by atoms with van der Waals surface area (Å²) >= 11 is 0. The van der Waals surface area contributed by atoms with E-state index in [1.165, 1.54) is 41.0 Å². The number of ether oxygens (including phenoxy) is 4. The second kappa shape index (κ2) is 36.4. The Balaban J connectivity index is 0.000000218. The molecule has 8 rings (SSSR count). The number of para-hydroxylation sites is 2. The van der Waals surface area contributed by atoms with Gasteiger partial charge in [-0.2, -0.15) is 0 Å². The zero-order valence-electron chi connectivity index (χ0n) is 52.8. The quantitative estimate of drug-likeness (QED) is 0.0615. The predicted octanol–water partition coefficient (Wildman–Crippen LogP) is 18.4. The Morgan fingerprint density at radius 3 is 1.14 bits per heavy atom. The number of rotatable bonds is 16. The van der Waals surface area contributed by atoms with Crippen LogP contribution in [0.1, 0.15) is 102 Å². The average Bonchev–Trinajstić information content (AvgIpc) is 1.05. The van der Waals surface area contributed by atoms with E-state index in [1.807, 2.05) is 144 Å². The van der Waals surface area contributed by atoms with Gasteiger partial charge >= 0.3 is 23.9 Å². The summed E-state index contributed by atoms with van der Waals surface area (Å²) in [5.41, 5.74) is 18.7. The van der Waals surface area contributed by atoms with Crippen molar-refractivity contribution in [3.8, 4) is 23.0 Å². The third-order valence-electron chi connectivity index (χ3n) is 13.4. The predicted molar refractivity (Wildman–Crippen MR) is 364 cm³/mol. The van der Waals surface area contributed by atoms with Crippen molar-refractivity contribution in [2.75, 3.05) is 13.2 Å². The van der Waals surface area contributed by atoms with E-state index < -0.39 is 23.9 Å². The molecule has 0 saturated carbocycles. The molecule has 4 aromatic carbocycles. The lowest BCUT2D eigenvalue weighted by atomic mass is 9.96. The van der Waals surface area contributed by atoms with Crippen LogP contribution >= 0.6 is 0 Å². The van der Waals surface area contributed by atoms with Gasteiger partial charge in [0.25, 0.3) is 0 Å². The fourth-order valence-corrected chi connectivity index (χ4v) is 9.16. The van der Waals surface area contributed by atoms with Crippen molar-refractivity contribution >= 4 is 46.2 Å². The number of carboxylic acids is 4. The first-order valence-electron chi connectivity index (χ1n) is 29.3. The molecule has 0 radical (unpaired) electrons. The molecular formula is C78H80O12. The van der Waals surface area contributed by atoms with Gasteiger partial charge in [-0.1, -0.05) is 180 Å². The maximum absolute atomic E-state index is 10.6. The lowest BCUT2D eigenvalue weighted by Gasteiger charge is -2.20. The van der Waals surface area contributed by atoms with Crippen molar-refractivity contribution in [3.05, 3.63) is 309 Å². The topological polar surface area (TPSA) is 186 Å². The van der Waals surface area contributed by atoms with Crippen LogP contribution in [0.2, 0.25) is 0 Å². The van der Waals surface area contributed by atoms with E-state index in [-0.39, 0.29) is 0 Å². The number of aryl methyl sites for hydroxylation is 2. The maximum atomic E-state index is 10.6. The molecule has 464 valence electrons. The number of allylic oxidation sites excluding steroid dienone is 28. The van der Waals surface area contributed by atoms with E-state index in [2.05, 4.69) is 67.6 Å². The Morgan fingerprint density at radius 1 is 0.378 bits per heavy atom. The number of fused-ring (bicyclic) bond motifs is 4. The molecule has 4 aromatic rings. The maximum Gasteiger partial charge on any atom is 0.328 e. The molecule has 4 aliphatic heterocycles. The molecule has 0 aromatic heterocycles. The highest BCUT2D eigenvalue weighted by Gasteiger charge is 2.17. The van der Waals surface area contributed by atoms with Crippen LogP contribution in [0.5, 0.6) is 23.0 Å². The van der Waals surface area contributed by atoms with E-state index in [4.69, 9.17) is 39.4 Å². The molecule has 4 heterocycles. The number of carboxylic acid groups (broad SMARTS) is 4. The van der Waals surface area contributed by atoms with Crippen LogP contribution in [0.4, 0.5) is 0 Å². The van der Waals surface area contributed by atoms with Gasteiger partial charge in [0.2, 0.25) is 0 Å². The molecule has 0 unspecified atom stereocenters. The molecule has 0 fully saturated rings. The standard InChI is InChI=1S/C20H22O3.C20H20O3.C19H20O3.C19H18O3/c2*1-14(5-4-6-15(2)13-20(21)22)11-17-9-10-23-19-12-16(3)7-8-18(17)19;2*1-14(6-5-7-15(2)13-19(20)21)12-16-10-11-22-18-9-4-3-8-17(16)18/h4-8,11-13H,9-10H2,1-3H3,(H,21,22);4-13H,1-3H3,(H,21,22);3-9,12-13H,10-11H2,1-2H3,(H,20,21);3-13H,1-2H3,(H,20,21)/b2*6-4+,14-5-,15-13+,17-11+;2*7-5+,14-6-,15-13+,16-12+. The summed E-state index contributed by atoms with van der Waals surface area (Å²) in [6.07, 6.45) is 44.6. The first kappa shape index (κ1) is 70.0. The summed E-state index contributed by atoms with van der Waals surface area (Å²) in [6.45, 7) is 20.6. The zero-order chi connectivity index (χ0) is 65.5. The second-order valence-corrected chi connectivity index (χ2v) is 21.6. The number of carbonyl (C=O) groups is 4. The Morgan fingerprint density at radius 2 is 0.711 bits per heavy atom. The van der Waals surface area contributed by atoms with Crippen molar-refractivity contribution < 1.29 is 58.6 Å². The number of hydrogen-bond acceptors (Lipinski definition) is 8. The average molecular weight is 1210 g/mol. The first-order valence-corrected chi connectivity index (χ1v) is 29.3. The number of benzene rings is 4. The molecule has 12 nitrogen and oxygen atoms in total. The van der Waals surface area contributed by atoms with Crippen molar-refractivity contribution in [3.63, 3.8) is 0 Å². The molecule has 12 heteroatoms. The zero-order valence-corrected chi connectivity index (χ0v) is 52.8. The third kappa shape index (κ3) is 25.3. The van der Waals surface area contributed by atoms with Gasteiger partial charge in [0.05, 0.1) is 25.7 Å². The summed E-state index contributed by atoms with van der Waals surface area (Å²) in [5.74, 6) is -0.132. The minimum Gasteiger partial charge on any atom is -0.493 e. The highest BCUT2D eigenvalue weighted by atomic mass is 16.5. The second-order valence-electron chi connectivity index (χ2n) is 21.6. The fraction of sp³-hybridized carbons (Fsp3) is 0.179. The van der Waals surface area contributed by atoms with Crippen molar-refractivity contribution in [2.24, 2.45) is 0 Å². The summed E-state index contributed by atoms with van der Waals surface area (Å²) in [7, 11) is 0. The van der Waals surface area contributed by atoms with E-state index in [9.17, 15) is 19.2 Å². The Hall–Kier alpha value is -10.7. The van der Waals surface area contributed by atoms with Crippen LogP contribution in [-0.2, 0) is 19.2 Å². The molecular weight excluding hydrogens is 1130 g/mol. The van der Waals surface area contributed by atoms with E-state index in [0.717, 1.165) is 97.1 Å². The van der Waals surface area contributed by atoms with Crippen LogP contribution in [0.25, 0.3) is 22.3 Å². The molecule has 0 atom stereocenters.